The van der Waals surface area contributed by atoms with Crippen LogP contribution in [-0.4, -0.2) is 33.6 Å². The third-order valence-electron chi connectivity index (χ3n) is 4.05. The quantitative estimate of drug-likeness (QED) is 0.717. The van der Waals surface area contributed by atoms with E-state index in [1.807, 2.05) is 12.1 Å². The van der Waals surface area contributed by atoms with Gasteiger partial charge in [0, 0.05) is 18.6 Å². The molecule has 1 saturated carbocycles. The smallest absolute Gasteiger partial charge is 0.242 e. The van der Waals surface area contributed by atoms with E-state index in [0.29, 0.717) is 16.6 Å². The van der Waals surface area contributed by atoms with Crippen molar-refractivity contribution < 1.29 is 8.42 Å². The molecule has 0 radical (unpaired) electrons. The maximum atomic E-state index is 12.4. The summed E-state index contributed by atoms with van der Waals surface area (Å²) in [6.07, 6.45) is 5.36. The molecule has 6 heteroatoms. The lowest BCUT2D eigenvalue weighted by atomic mass is 10.1. The fraction of sp³-hybridized carbons (Fsp3) is 0.600. The fourth-order valence-corrected chi connectivity index (χ4v) is 4.20. The molecule has 3 rings (SSSR count). The highest BCUT2D eigenvalue weighted by Gasteiger charge is 2.29. The zero-order valence-electron chi connectivity index (χ0n) is 12.1. The van der Waals surface area contributed by atoms with E-state index in [-0.39, 0.29) is 6.04 Å². The summed E-state index contributed by atoms with van der Waals surface area (Å²) in [7, 11) is -3.41. The van der Waals surface area contributed by atoms with Gasteiger partial charge in [0.2, 0.25) is 10.0 Å². The van der Waals surface area contributed by atoms with Gasteiger partial charge < -0.3 is 10.6 Å². The van der Waals surface area contributed by atoms with Crippen LogP contribution in [0.3, 0.4) is 0 Å². The molecule has 1 saturated heterocycles. The third kappa shape index (κ3) is 3.96. The van der Waals surface area contributed by atoms with E-state index in [9.17, 15) is 8.42 Å². The standard InChI is InChI=1S/C15H23N3O2S/c19-21(20,18-13-7-8-13)15-6-2-1-5-14(15)17-11-9-12-4-3-10-16-12/h1-2,5-6,12-13,16-18H,3-4,7-11H2/t12-/m0/s1. The van der Waals surface area contributed by atoms with Crippen molar-refractivity contribution in [2.24, 2.45) is 0 Å². The van der Waals surface area contributed by atoms with Crippen LogP contribution < -0.4 is 15.4 Å². The lowest BCUT2D eigenvalue weighted by molar-refractivity contribution is 0.573. The monoisotopic (exact) mass is 309 g/mol. The van der Waals surface area contributed by atoms with Crippen LogP contribution in [0.2, 0.25) is 0 Å². The normalized spacial score (nSPS) is 22.4. The van der Waals surface area contributed by atoms with E-state index in [2.05, 4.69) is 15.4 Å². The predicted molar refractivity (Wildman–Crippen MR) is 83.9 cm³/mol. The molecule has 1 heterocycles. The Labute approximate surface area is 126 Å². The lowest BCUT2D eigenvalue weighted by Gasteiger charge is -2.15. The minimum Gasteiger partial charge on any atom is -0.384 e. The van der Waals surface area contributed by atoms with E-state index in [1.165, 1.54) is 12.8 Å². The number of nitrogens with one attached hydrogen (secondary N) is 3. The van der Waals surface area contributed by atoms with Gasteiger partial charge in [-0.25, -0.2) is 13.1 Å². The first-order valence-corrected chi connectivity index (χ1v) is 9.22. The second-order valence-corrected chi connectivity index (χ2v) is 7.58. The molecule has 1 atom stereocenters. The SMILES string of the molecule is O=S(=O)(NC1CC1)c1ccccc1NCC[C@@H]1CCCN1. The van der Waals surface area contributed by atoms with E-state index < -0.39 is 10.0 Å². The summed E-state index contributed by atoms with van der Waals surface area (Å²) in [6, 6.07) is 7.83. The molecule has 0 bridgehead atoms. The number of rotatable bonds is 7. The number of hydrogen-bond donors (Lipinski definition) is 3. The Morgan fingerprint density at radius 3 is 2.71 bits per heavy atom. The summed E-state index contributed by atoms with van der Waals surface area (Å²) < 4.78 is 27.5. The minimum absolute atomic E-state index is 0.130. The van der Waals surface area contributed by atoms with Gasteiger partial charge in [-0.05, 0) is 50.8 Å². The fourth-order valence-electron chi connectivity index (χ4n) is 2.72. The first-order valence-electron chi connectivity index (χ1n) is 7.74. The second kappa shape index (κ2) is 6.34. The third-order valence-corrected chi connectivity index (χ3v) is 5.63. The Balaban J connectivity index is 1.64. The number of sulfonamides is 1. The Morgan fingerprint density at radius 1 is 1.19 bits per heavy atom. The zero-order valence-corrected chi connectivity index (χ0v) is 13.0. The van der Waals surface area contributed by atoms with Crippen molar-refractivity contribution in [1.29, 1.82) is 0 Å². The Kier molecular flexibility index (Phi) is 4.47. The zero-order chi connectivity index (χ0) is 14.7. The number of benzene rings is 1. The summed E-state index contributed by atoms with van der Waals surface area (Å²) in [5.74, 6) is 0. The molecule has 0 spiro atoms. The summed E-state index contributed by atoms with van der Waals surface area (Å²) in [4.78, 5) is 0.358. The van der Waals surface area contributed by atoms with Crippen LogP contribution in [0.5, 0.6) is 0 Å². The molecule has 1 aromatic rings. The van der Waals surface area contributed by atoms with Crippen molar-refractivity contribution in [2.75, 3.05) is 18.4 Å². The molecule has 5 nitrogen and oxygen atoms in total. The maximum absolute atomic E-state index is 12.4. The van der Waals surface area contributed by atoms with Crippen LogP contribution in [-0.2, 0) is 10.0 Å². The molecule has 3 N–H and O–H groups in total. The molecular formula is C15H23N3O2S. The second-order valence-electron chi connectivity index (χ2n) is 5.90. The topological polar surface area (TPSA) is 70.2 Å². The number of para-hydroxylation sites is 1. The van der Waals surface area contributed by atoms with Crippen LogP contribution >= 0.6 is 0 Å². The lowest BCUT2D eigenvalue weighted by Crippen LogP contribution is -2.27. The first kappa shape index (κ1) is 14.8. The van der Waals surface area contributed by atoms with Crippen molar-refractivity contribution in [3.05, 3.63) is 24.3 Å². The van der Waals surface area contributed by atoms with Gasteiger partial charge in [-0.1, -0.05) is 12.1 Å². The van der Waals surface area contributed by atoms with Crippen LogP contribution in [0.25, 0.3) is 0 Å². The molecule has 0 aromatic heterocycles. The highest BCUT2D eigenvalue weighted by Crippen LogP contribution is 2.26. The highest BCUT2D eigenvalue weighted by atomic mass is 32.2. The number of anilines is 1. The van der Waals surface area contributed by atoms with E-state index >= 15 is 0 Å². The van der Waals surface area contributed by atoms with Crippen molar-refractivity contribution in [1.82, 2.24) is 10.0 Å². The van der Waals surface area contributed by atoms with Gasteiger partial charge in [0.15, 0.2) is 0 Å². The molecule has 116 valence electrons. The Hall–Kier alpha value is -1.11. The molecule has 1 aromatic carbocycles. The summed E-state index contributed by atoms with van der Waals surface area (Å²) in [6.45, 7) is 1.88. The van der Waals surface area contributed by atoms with Gasteiger partial charge in [0.05, 0.1) is 5.69 Å². The van der Waals surface area contributed by atoms with Crippen LogP contribution in [0.15, 0.2) is 29.2 Å². The van der Waals surface area contributed by atoms with E-state index in [4.69, 9.17) is 0 Å². The van der Waals surface area contributed by atoms with E-state index in [1.54, 1.807) is 12.1 Å². The van der Waals surface area contributed by atoms with Crippen LogP contribution in [0.4, 0.5) is 5.69 Å². The van der Waals surface area contributed by atoms with Gasteiger partial charge in [-0.15, -0.1) is 0 Å². The van der Waals surface area contributed by atoms with Crippen LogP contribution in [0, 0.1) is 0 Å². The minimum atomic E-state index is -3.41. The number of hydrogen-bond acceptors (Lipinski definition) is 4. The molecule has 2 fully saturated rings. The average molecular weight is 309 g/mol. The molecule has 2 aliphatic rings. The molecule has 0 unspecified atom stereocenters. The Bertz CT molecular complexity index is 578. The van der Waals surface area contributed by atoms with Crippen molar-refractivity contribution >= 4 is 15.7 Å². The Morgan fingerprint density at radius 2 is 2.00 bits per heavy atom. The molecule has 21 heavy (non-hydrogen) atoms. The molecule has 0 amide bonds. The summed E-state index contributed by atoms with van der Waals surface area (Å²) in [5.41, 5.74) is 0.698. The van der Waals surface area contributed by atoms with Crippen LogP contribution in [0.1, 0.15) is 32.1 Å². The largest absolute Gasteiger partial charge is 0.384 e. The maximum Gasteiger partial charge on any atom is 0.242 e. The first-order chi connectivity index (χ1) is 10.1. The van der Waals surface area contributed by atoms with Gasteiger partial charge >= 0.3 is 0 Å². The molecule has 1 aliphatic heterocycles. The summed E-state index contributed by atoms with van der Waals surface area (Å²) in [5, 5.41) is 6.73. The van der Waals surface area contributed by atoms with E-state index in [0.717, 1.165) is 32.4 Å². The van der Waals surface area contributed by atoms with Crippen molar-refractivity contribution in [2.45, 2.75) is 49.1 Å². The molecular weight excluding hydrogens is 286 g/mol. The molecule has 1 aliphatic carbocycles. The van der Waals surface area contributed by atoms with Gasteiger partial charge in [0.1, 0.15) is 4.90 Å². The average Bonchev–Trinajstić information content (AvgIpc) is 3.11. The van der Waals surface area contributed by atoms with Gasteiger partial charge in [-0.2, -0.15) is 0 Å². The summed E-state index contributed by atoms with van der Waals surface area (Å²) >= 11 is 0. The predicted octanol–water partition coefficient (Wildman–Crippen LogP) is 1.68. The van der Waals surface area contributed by atoms with Gasteiger partial charge in [-0.3, -0.25) is 0 Å². The highest BCUT2D eigenvalue weighted by molar-refractivity contribution is 7.89. The van der Waals surface area contributed by atoms with Crippen molar-refractivity contribution in [3.63, 3.8) is 0 Å². The van der Waals surface area contributed by atoms with Crippen molar-refractivity contribution in [3.8, 4) is 0 Å². The van der Waals surface area contributed by atoms with Gasteiger partial charge in [0.25, 0.3) is 0 Å².